The molecular weight excluding hydrogens is 487 g/mol. The Kier molecular flexibility index (Phi) is 9.42. The number of carbonyl (C=O) groups is 1. The minimum Gasteiger partial charge on any atom is -0.351 e. The van der Waals surface area contributed by atoms with Gasteiger partial charge in [0.15, 0.2) is 5.96 Å². The third-order valence-corrected chi connectivity index (χ3v) is 6.43. The molecule has 1 aromatic heterocycles. The first kappa shape index (κ1) is 23.3. The second-order valence-electron chi connectivity index (χ2n) is 7.35. The molecule has 3 heterocycles. The smallest absolute Gasteiger partial charge is 0.236 e. The Morgan fingerprint density at radius 1 is 1.07 bits per heavy atom. The van der Waals surface area contributed by atoms with Crippen molar-refractivity contribution >= 4 is 47.2 Å². The lowest BCUT2D eigenvalue weighted by molar-refractivity contribution is -0.133. The quantitative estimate of drug-likeness (QED) is 0.374. The Hall–Kier alpha value is -0.940. The molecule has 3 rings (SSSR count). The lowest BCUT2D eigenvalue weighted by Crippen LogP contribution is -2.54. The number of carbonyl (C=O) groups excluding carboxylic acids is 1. The molecular formula is C19H33IN6OS. The molecule has 0 spiro atoms. The minimum absolute atomic E-state index is 0. The Labute approximate surface area is 189 Å². The molecule has 0 radical (unpaired) electrons. The lowest BCUT2D eigenvalue weighted by Gasteiger charge is -2.37. The van der Waals surface area contributed by atoms with E-state index in [0.717, 1.165) is 75.3 Å². The number of hydrogen-bond acceptors (Lipinski definition) is 5. The van der Waals surface area contributed by atoms with E-state index in [1.54, 1.807) is 11.3 Å². The van der Waals surface area contributed by atoms with Crippen LogP contribution in [0.5, 0.6) is 0 Å². The van der Waals surface area contributed by atoms with Gasteiger partial charge in [-0.25, -0.2) is 4.98 Å². The summed E-state index contributed by atoms with van der Waals surface area (Å²) >= 11 is 1.74. The number of aliphatic imine (C=N–C) groups is 1. The summed E-state index contributed by atoms with van der Waals surface area (Å²) in [5, 5.41) is 4.57. The van der Waals surface area contributed by atoms with E-state index in [-0.39, 0.29) is 24.0 Å². The SMILES string of the molecule is CN=C(NCc1sc(C)nc1C)N1CCN(CC(=O)N2CCCCC2)CC1.I. The fraction of sp³-hybridized carbons (Fsp3) is 0.737. The maximum atomic E-state index is 12.5. The van der Waals surface area contributed by atoms with E-state index >= 15 is 0 Å². The number of nitrogens with zero attached hydrogens (tertiary/aromatic N) is 5. The summed E-state index contributed by atoms with van der Waals surface area (Å²) in [7, 11) is 1.83. The number of likely N-dealkylation sites (tertiary alicyclic amines) is 1. The van der Waals surface area contributed by atoms with E-state index in [2.05, 4.69) is 32.0 Å². The molecule has 1 aromatic rings. The van der Waals surface area contributed by atoms with Crippen molar-refractivity contribution in [2.24, 2.45) is 4.99 Å². The molecule has 0 aromatic carbocycles. The van der Waals surface area contributed by atoms with Crippen molar-refractivity contribution in [3.63, 3.8) is 0 Å². The van der Waals surface area contributed by atoms with Gasteiger partial charge < -0.3 is 15.1 Å². The molecule has 1 amide bonds. The molecule has 28 heavy (non-hydrogen) atoms. The van der Waals surface area contributed by atoms with Crippen LogP contribution in [0.2, 0.25) is 0 Å². The third kappa shape index (κ3) is 6.28. The second kappa shape index (κ2) is 11.3. The molecule has 0 bridgehead atoms. The monoisotopic (exact) mass is 520 g/mol. The minimum atomic E-state index is 0. The zero-order valence-corrected chi connectivity index (χ0v) is 20.4. The number of piperazine rings is 1. The molecule has 9 heteroatoms. The molecule has 1 N–H and O–H groups in total. The highest BCUT2D eigenvalue weighted by molar-refractivity contribution is 14.0. The Morgan fingerprint density at radius 3 is 2.32 bits per heavy atom. The van der Waals surface area contributed by atoms with Crippen LogP contribution in [-0.2, 0) is 11.3 Å². The fourth-order valence-electron chi connectivity index (χ4n) is 3.78. The highest BCUT2D eigenvalue weighted by Crippen LogP contribution is 2.17. The van der Waals surface area contributed by atoms with Gasteiger partial charge in [-0.3, -0.25) is 14.7 Å². The number of nitrogens with one attached hydrogen (secondary N) is 1. The van der Waals surface area contributed by atoms with Crippen LogP contribution in [0.3, 0.4) is 0 Å². The van der Waals surface area contributed by atoms with Gasteiger partial charge in [0, 0.05) is 51.2 Å². The van der Waals surface area contributed by atoms with Crippen molar-refractivity contribution in [1.29, 1.82) is 0 Å². The van der Waals surface area contributed by atoms with Crippen LogP contribution >= 0.6 is 35.3 Å². The van der Waals surface area contributed by atoms with Crippen molar-refractivity contribution in [2.75, 3.05) is 52.9 Å². The Morgan fingerprint density at radius 2 is 1.75 bits per heavy atom. The Balaban J connectivity index is 0.00000280. The predicted molar refractivity (Wildman–Crippen MR) is 126 cm³/mol. The van der Waals surface area contributed by atoms with Gasteiger partial charge in [-0.05, 0) is 33.1 Å². The van der Waals surface area contributed by atoms with Crippen molar-refractivity contribution < 1.29 is 4.79 Å². The van der Waals surface area contributed by atoms with E-state index in [0.29, 0.717) is 12.5 Å². The molecule has 0 aliphatic carbocycles. The molecule has 2 aliphatic rings. The first-order chi connectivity index (χ1) is 13.1. The Bertz CT molecular complexity index is 665. The third-order valence-electron chi connectivity index (χ3n) is 5.36. The van der Waals surface area contributed by atoms with Gasteiger partial charge >= 0.3 is 0 Å². The number of guanidine groups is 1. The van der Waals surface area contributed by atoms with Crippen LogP contribution in [0.25, 0.3) is 0 Å². The maximum Gasteiger partial charge on any atom is 0.236 e. The number of aryl methyl sites for hydroxylation is 2. The summed E-state index contributed by atoms with van der Waals surface area (Å²) in [6.45, 7) is 10.9. The van der Waals surface area contributed by atoms with Gasteiger partial charge in [0.05, 0.1) is 23.8 Å². The molecule has 2 aliphatic heterocycles. The number of thiazole rings is 1. The first-order valence-corrected chi connectivity index (χ1v) is 10.8. The summed E-state index contributed by atoms with van der Waals surface area (Å²) in [4.78, 5) is 29.3. The van der Waals surface area contributed by atoms with Crippen LogP contribution in [0.1, 0.15) is 34.8 Å². The van der Waals surface area contributed by atoms with E-state index in [1.807, 2.05) is 18.9 Å². The lowest BCUT2D eigenvalue weighted by atomic mass is 10.1. The van der Waals surface area contributed by atoms with E-state index in [9.17, 15) is 4.79 Å². The first-order valence-electron chi connectivity index (χ1n) is 9.95. The van der Waals surface area contributed by atoms with Gasteiger partial charge in [0.1, 0.15) is 0 Å². The maximum absolute atomic E-state index is 12.5. The van der Waals surface area contributed by atoms with Crippen LogP contribution in [0.4, 0.5) is 0 Å². The molecule has 0 saturated carbocycles. The largest absolute Gasteiger partial charge is 0.351 e. The van der Waals surface area contributed by atoms with Crippen LogP contribution < -0.4 is 5.32 Å². The molecule has 0 atom stereocenters. The van der Waals surface area contributed by atoms with Crippen molar-refractivity contribution in [2.45, 2.75) is 39.7 Å². The summed E-state index contributed by atoms with van der Waals surface area (Å²) in [6.07, 6.45) is 3.57. The zero-order chi connectivity index (χ0) is 19.2. The van der Waals surface area contributed by atoms with Crippen LogP contribution in [-0.4, -0.2) is 84.4 Å². The highest BCUT2D eigenvalue weighted by Gasteiger charge is 2.24. The summed E-state index contributed by atoms with van der Waals surface area (Å²) in [5.74, 6) is 1.23. The van der Waals surface area contributed by atoms with Gasteiger partial charge in [0.2, 0.25) is 5.91 Å². The predicted octanol–water partition coefficient (Wildman–Crippen LogP) is 2.08. The molecule has 0 unspecified atom stereocenters. The summed E-state index contributed by atoms with van der Waals surface area (Å²) in [6, 6.07) is 0. The molecule has 7 nitrogen and oxygen atoms in total. The number of piperidine rings is 1. The normalized spacial score (nSPS) is 18.8. The zero-order valence-electron chi connectivity index (χ0n) is 17.2. The van der Waals surface area contributed by atoms with Crippen molar-refractivity contribution in [3.8, 4) is 0 Å². The topological polar surface area (TPSA) is 64.1 Å². The van der Waals surface area contributed by atoms with Crippen LogP contribution in [0.15, 0.2) is 4.99 Å². The van der Waals surface area contributed by atoms with E-state index in [4.69, 9.17) is 0 Å². The van der Waals surface area contributed by atoms with Crippen molar-refractivity contribution in [1.82, 2.24) is 25.0 Å². The number of rotatable bonds is 4. The van der Waals surface area contributed by atoms with E-state index in [1.165, 1.54) is 11.3 Å². The van der Waals surface area contributed by atoms with Gasteiger partial charge in [0.25, 0.3) is 0 Å². The summed E-state index contributed by atoms with van der Waals surface area (Å²) in [5.41, 5.74) is 1.10. The van der Waals surface area contributed by atoms with Gasteiger partial charge in [-0.2, -0.15) is 0 Å². The summed E-state index contributed by atoms with van der Waals surface area (Å²) < 4.78 is 0. The number of amides is 1. The number of halogens is 1. The number of aromatic nitrogens is 1. The highest BCUT2D eigenvalue weighted by atomic mass is 127. The fourth-order valence-corrected chi connectivity index (χ4v) is 4.66. The molecule has 2 saturated heterocycles. The average molecular weight is 520 g/mol. The molecule has 158 valence electrons. The molecule has 2 fully saturated rings. The van der Waals surface area contributed by atoms with Crippen molar-refractivity contribution in [3.05, 3.63) is 15.6 Å². The van der Waals surface area contributed by atoms with Gasteiger partial charge in [-0.15, -0.1) is 35.3 Å². The second-order valence-corrected chi connectivity index (χ2v) is 8.63. The average Bonchev–Trinajstić information content (AvgIpc) is 3.01. The standard InChI is InChI=1S/C19H32N6OS.HI/c1-15-17(27-16(2)22-15)13-21-19(20-3)25-11-9-23(10-12-25)14-18(26)24-7-5-4-6-8-24;/h4-14H2,1-3H3,(H,20,21);1H. The van der Waals surface area contributed by atoms with Crippen LogP contribution in [0, 0.1) is 13.8 Å². The van der Waals surface area contributed by atoms with Gasteiger partial charge in [-0.1, -0.05) is 0 Å². The number of hydrogen-bond donors (Lipinski definition) is 1. The van der Waals surface area contributed by atoms with E-state index < -0.39 is 0 Å².